The molecule has 0 radical (unpaired) electrons. The van der Waals surface area contributed by atoms with Gasteiger partial charge in [-0.25, -0.2) is 9.38 Å². The van der Waals surface area contributed by atoms with Crippen molar-refractivity contribution in [3.8, 4) is 6.07 Å². The number of nitrogens with zero attached hydrogens (tertiary/aromatic N) is 3. The van der Waals surface area contributed by atoms with Crippen LogP contribution >= 0.6 is 24.0 Å². The summed E-state index contributed by atoms with van der Waals surface area (Å²) in [4.78, 5) is 6.73. The van der Waals surface area contributed by atoms with Gasteiger partial charge in [-0.1, -0.05) is 0 Å². The molecule has 6 nitrogen and oxygen atoms in total. The smallest absolute Gasteiger partial charge is 0.194 e. The largest absolute Gasteiger partial charge is 0.375 e. The molecular weight excluding hydrogens is 462 g/mol. The number of guanidine groups is 1. The fourth-order valence-electron chi connectivity index (χ4n) is 3.34. The van der Waals surface area contributed by atoms with E-state index in [0.29, 0.717) is 24.3 Å². The highest BCUT2D eigenvalue weighted by Crippen LogP contribution is 2.21. The zero-order chi connectivity index (χ0) is 18.4. The van der Waals surface area contributed by atoms with E-state index in [1.807, 2.05) is 13.0 Å². The van der Waals surface area contributed by atoms with Gasteiger partial charge in [0.25, 0.3) is 0 Å². The van der Waals surface area contributed by atoms with Crippen molar-refractivity contribution in [1.29, 1.82) is 5.26 Å². The van der Waals surface area contributed by atoms with Crippen LogP contribution in [0.2, 0.25) is 0 Å². The second kappa shape index (κ2) is 10.8. The van der Waals surface area contributed by atoms with Gasteiger partial charge in [-0.15, -0.1) is 24.0 Å². The highest BCUT2D eigenvalue weighted by molar-refractivity contribution is 14.0. The van der Waals surface area contributed by atoms with Crippen LogP contribution in [0.4, 0.5) is 4.39 Å². The van der Waals surface area contributed by atoms with E-state index in [9.17, 15) is 4.39 Å². The molecule has 1 N–H and O–H groups in total. The Balaban J connectivity index is 0.00000261. The summed E-state index contributed by atoms with van der Waals surface area (Å²) in [6.07, 6.45) is 2.28. The predicted octanol–water partition coefficient (Wildman–Crippen LogP) is 2.66. The molecule has 27 heavy (non-hydrogen) atoms. The molecule has 1 aromatic rings. The lowest BCUT2D eigenvalue weighted by Gasteiger charge is -2.37. The maximum atomic E-state index is 14.0. The SMILES string of the molecule is CCNC(=NCc1cc(C#N)ccc1F)N1CCOC(C2CCCO2)C1.I. The second-order valence-electron chi connectivity index (χ2n) is 6.49. The number of benzene rings is 1. The lowest BCUT2D eigenvalue weighted by Crippen LogP contribution is -2.53. The molecule has 2 fully saturated rings. The van der Waals surface area contributed by atoms with Gasteiger partial charge in [-0.2, -0.15) is 5.26 Å². The predicted molar refractivity (Wildman–Crippen MR) is 112 cm³/mol. The Morgan fingerprint density at radius 3 is 2.89 bits per heavy atom. The van der Waals surface area contributed by atoms with E-state index in [1.54, 1.807) is 6.07 Å². The lowest BCUT2D eigenvalue weighted by molar-refractivity contribution is -0.0817. The molecular formula is C19H26FIN4O2. The fourth-order valence-corrected chi connectivity index (χ4v) is 3.34. The molecule has 2 heterocycles. The van der Waals surface area contributed by atoms with E-state index in [-0.39, 0.29) is 48.5 Å². The number of ether oxygens (including phenoxy) is 2. The van der Waals surface area contributed by atoms with Crippen molar-refractivity contribution >= 4 is 29.9 Å². The average Bonchev–Trinajstić information content (AvgIpc) is 3.21. The summed E-state index contributed by atoms with van der Waals surface area (Å²) in [6, 6.07) is 6.38. The first-order chi connectivity index (χ1) is 12.7. The van der Waals surface area contributed by atoms with Crippen molar-refractivity contribution in [3.05, 3.63) is 35.1 Å². The molecule has 1 aromatic carbocycles. The minimum atomic E-state index is -0.345. The van der Waals surface area contributed by atoms with Crippen molar-refractivity contribution in [3.63, 3.8) is 0 Å². The molecule has 2 aliphatic heterocycles. The first kappa shape index (κ1) is 21.9. The van der Waals surface area contributed by atoms with Crippen LogP contribution < -0.4 is 5.32 Å². The number of hydrogen-bond acceptors (Lipinski definition) is 4. The van der Waals surface area contributed by atoms with Crippen LogP contribution in [0.25, 0.3) is 0 Å². The van der Waals surface area contributed by atoms with Crippen molar-refractivity contribution in [2.24, 2.45) is 4.99 Å². The van der Waals surface area contributed by atoms with Crippen molar-refractivity contribution in [2.45, 2.75) is 38.5 Å². The number of aliphatic imine (C=N–C) groups is 1. The third-order valence-corrected chi connectivity index (χ3v) is 4.68. The molecule has 0 saturated carbocycles. The molecule has 0 aliphatic carbocycles. The van der Waals surface area contributed by atoms with E-state index in [2.05, 4.69) is 15.2 Å². The third kappa shape index (κ3) is 5.77. The van der Waals surface area contributed by atoms with Gasteiger partial charge in [0.05, 0.1) is 30.9 Å². The maximum absolute atomic E-state index is 14.0. The first-order valence-electron chi connectivity index (χ1n) is 9.16. The number of rotatable bonds is 4. The summed E-state index contributed by atoms with van der Waals surface area (Å²) in [6.45, 7) is 5.77. The van der Waals surface area contributed by atoms with Crippen LogP contribution in [-0.4, -0.2) is 55.9 Å². The van der Waals surface area contributed by atoms with E-state index in [4.69, 9.17) is 14.7 Å². The Hall–Kier alpha value is -1.44. The summed E-state index contributed by atoms with van der Waals surface area (Å²) >= 11 is 0. The maximum Gasteiger partial charge on any atom is 0.194 e. The Bertz CT molecular complexity index is 689. The number of halogens is 2. The lowest BCUT2D eigenvalue weighted by atomic mass is 10.1. The zero-order valence-corrected chi connectivity index (χ0v) is 17.8. The number of nitriles is 1. The van der Waals surface area contributed by atoms with E-state index >= 15 is 0 Å². The standard InChI is InChI=1S/C19H25FN4O2.HI/c1-2-22-19(23-12-15-10-14(11-21)5-6-16(15)20)24-7-9-26-18(13-24)17-4-3-8-25-17;/h5-6,10,17-18H,2-4,7-9,12-13H2,1H3,(H,22,23);1H. The summed E-state index contributed by atoms with van der Waals surface area (Å²) < 4.78 is 25.6. The van der Waals surface area contributed by atoms with Crippen molar-refractivity contribution in [1.82, 2.24) is 10.2 Å². The Morgan fingerprint density at radius 1 is 1.37 bits per heavy atom. The molecule has 0 aromatic heterocycles. The quantitative estimate of drug-likeness (QED) is 0.401. The Morgan fingerprint density at radius 2 is 2.19 bits per heavy atom. The molecule has 2 atom stereocenters. The molecule has 2 saturated heterocycles. The van der Waals surface area contributed by atoms with Gasteiger partial charge < -0.3 is 19.7 Å². The van der Waals surface area contributed by atoms with E-state index < -0.39 is 0 Å². The van der Waals surface area contributed by atoms with Crippen LogP contribution in [0, 0.1) is 17.1 Å². The van der Waals surface area contributed by atoms with Gasteiger partial charge in [0.2, 0.25) is 0 Å². The van der Waals surface area contributed by atoms with Crippen molar-refractivity contribution in [2.75, 3.05) is 32.8 Å². The summed E-state index contributed by atoms with van der Waals surface area (Å²) in [5.41, 5.74) is 0.856. The molecule has 0 spiro atoms. The topological polar surface area (TPSA) is 69.9 Å². The number of morpholine rings is 1. The number of nitrogens with one attached hydrogen (secondary N) is 1. The Kier molecular flexibility index (Phi) is 8.73. The van der Waals surface area contributed by atoms with Crippen LogP contribution in [0.3, 0.4) is 0 Å². The van der Waals surface area contributed by atoms with Gasteiger partial charge in [0.15, 0.2) is 5.96 Å². The summed E-state index contributed by atoms with van der Waals surface area (Å²) in [5.74, 6) is 0.392. The molecule has 2 aliphatic rings. The zero-order valence-electron chi connectivity index (χ0n) is 15.5. The number of hydrogen-bond donors (Lipinski definition) is 1. The normalized spacial score (nSPS) is 22.9. The highest BCUT2D eigenvalue weighted by Gasteiger charge is 2.32. The summed E-state index contributed by atoms with van der Waals surface area (Å²) in [5, 5.41) is 12.3. The summed E-state index contributed by atoms with van der Waals surface area (Å²) in [7, 11) is 0. The fraction of sp³-hybridized carbons (Fsp3) is 0.579. The van der Waals surface area contributed by atoms with E-state index in [0.717, 1.165) is 38.5 Å². The van der Waals surface area contributed by atoms with Gasteiger partial charge in [-0.05, 0) is 38.0 Å². The molecule has 0 bridgehead atoms. The van der Waals surface area contributed by atoms with Gasteiger partial charge in [0.1, 0.15) is 11.9 Å². The second-order valence-corrected chi connectivity index (χ2v) is 6.49. The molecule has 0 amide bonds. The van der Waals surface area contributed by atoms with Gasteiger partial charge in [-0.3, -0.25) is 0 Å². The van der Waals surface area contributed by atoms with Crippen molar-refractivity contribution < 1.29 is 13.9 Å². The third-order valence-electron chi connectivity index (χ3n) is 4.68. The van der Waals surface area contributed by atoms with Gasteiger partial charge in [0, 0.05) is 31.8 Å². The van der Waals surface area contributed by atoms with Gasteiger partial charge >= 0.3 is 0 Å². The van der Waals surface area contributed by atoms with Crippen LogP contribution in [0.1, 0.15) is 30.9 Å². The van der Waals surface area contributed by atoms with Crippen LogP contribution in [0.15, 0.2) is 23.2 Å². The minimum Gasteiger partial charge on any atom is -0.375 e. The Labute approximate surface area is 176 Å². The molecule has 3 rings (SSSR count). The first-order valence-corrected chi connectivity index (χ1v) is 9.16. The monoisotopic (exact) mass is 488 g/mol. The highest BCUT2D eigenvalue weighted by atomic mass is 127. The van der Waals surface area contributed by atoms with E-state index in [1.165, 1.54) is 12.1 Å². The van der Waals surface area contributed by atoms with Crippen LogP contribution in [0.5, 0.6) is 0 Å². The average molecular weight is 488 g/mol. The molecule has 8 heteroatoms. The minimum absolute atomic E-state index is 0. The molecule has 2 unspecified atom stereocenters. The molecule has 148 valence electrons. The van der Waals surface area contributed by atoms with Crippen LogP contribution in [-0.2, 0) is 16.0 Å².